The van der Waals surface area contributed by atoms with Crippen LogP contribution in [0.15, 0.2) is 18.3 Å². The Bertz CT molecular complexity index is 433. The maximum atomic E-state index is 12.3. The number of hydrogen-bond donors (Lipinski definition) is 1. The Hall–Kier alpha value is -1.62. The quantitative estimate of drug-likeness (QED) is 0.808. The molecule has 1 N–H and O–H groups in total. The van der Waals surface area contributed by atoms with Crippen molar-refractivity contribution in [3.8, 4) is 0 Å². The van der Waals surface area contributed by atoms with Gasteiger partial charge in [0.15, 0.2) is 0 Å². The van der Waals surface area contributed by atoms with Crippen LogP contribution in [0.1, 0.15) is 30.1 Å². The highest BCUT2D eigenvalue weighted by Crippen LogP contribution is 2.18. The van der Waals surface area contributed by atoms with E-state index in [-0.39, 0.29) is 5.91 Å². The lowest BCUT2D eigenvalue weighted by atomic mass is 10.2. The zero-order valence-electron chi connectivity index (χ0n) is 12.3. The maximum absolute atomic E-state index is 12.3. The lowest BCUT2D eigenvalue weighted by Crippen LogP contribution is -2.28. The molecule has 1 atom stereocenters. The maximum Gasteiger partial charge on any atom is 0.255 e. The summed E-state index contributed by atoms with van der Waals surface area (Å²) in [6.07, 6.45) is 3.69. The number of carbonyl (C=O) groups is 1. The first-order valence-corrected chi connectivity index (χ1v) is 7.19. The van der Waals surface area contributed by atoms with Crippen molar-refractivity contribution in [2.24, 2.45) is 5.92 Å². The Morgan fingerprint density at radius 2 is 2.40 bits per heavy atom. The van der Waals surface area contributed by atoms with E-state index in [1.165, 1.54) is 0 Å². The summed E-state index contributed by atoms with van der Waals surface area (Å²) in [4.78, 5) is 18.5. The molecule has 110 valence electrons. The van der Waals surface area contributed by atoms with Crippen molar-refractivity contribution in [1.29, 1.82) is 0 Å². The largest absolute Gasteiger partial charge is 0.385 e. The second kappa shape index (κ2) is 7.24. The number of methoxy groups -OCH3 is 1. The zero-order chi connectivity index (χ0) is 14.4. The summed E-state index contributed by atoms with van der Waals surface area (Å²) in [6, 6.07) is 3.70. The molecule has 0 bridgehead atoms. The van der Waals surface area contributed by atoms with Crippen LogP contribution in [0, 0.1) is 5.92 Å². The number of aromatic nitrogens is 1. The number of ether oxygens (including phenoxy) is 1. The number of amides is 1. The van der Waals surface area contributed by atoms with Crippen LogP contribution in [0.3, 0.4) is 0 Å². The number of nitrogens with zero attached hydrogens (tertiary/aromatic N) is 2. The van der Waals surface area contributed by atoms with Crippen LogP contribution >= 0.6 is 0 Å². The molecule has 0 spiro atoms. The van der Waals surface area contributed by atoms with Gasteiger partial charge in [0.2, 0.25) is 0 Å². The molecule has 5 nitrogen and oxygen atoms in total. The van der Waals surface area contributed by atoms with Crippen LogP contribution in [0.4, 0.5) is 5.82 Å². The molecule has 1 aromatic heterocycles. The van der Waals surface area contributed by atoms with E-state index in [0.29, 0.717) is 11.5 Å². The van der Waals surface area contributed by atoms with Crippen molar-refractivity contribution in [2.45, 2.75) is 19.8 Å². The monoisotopic (exact) mass is 277 g/mol. The van der Waals surface area contributed by atoms with E-state index in [9.17, 15) is 4.79 Å². The highest BCUT2D eigenvalue weighted by atomic mass is 16.5. The van der Waals surface area contributed by atoms with Crippen molar-refractivity contribution in [2.75, 3.05) is 38.7 Å². The fourth-order valence-corrected chi connectivity index (χ4v) is 2.36. The molecule has 1 aliphatic rings. The van der Waals surface area contributed by atoms with Crippen LogP contribution in [-0.2, 0) is 4.74 Å². The Morgan fingerprint density at radius 3 is 3.00 bits per heavy atom. The predicted octanol–water partition coefficient (Wildman–Crippen LogP) is 2.01. The van der Waals surface area contributed by atoms with Crippen molar-refractivity contribution in [3.63, 3.8) is 0 Å². The molecule has 1 aliphatic heterocycles. The number of hydrogen-bond acceptors (Lipinski definition) is 4. The molecule has 2 heterocycles. The van der Waals surface area contributed by atoms with Gasteiger partial charge in [0.05, 0.1) is 5.56 Å². The van der Waals surface area contributed by atoms with E-state index in [4.69, 9.17) is 4.74 Å². The molecule has 1 saturated heterocycles. The highest BCUT2D eigenvalue weighted by Gasteiger charge is 2.24. The van der Waals surface area contributed by atoms with Gasteiger partial charge in [-0.25, -0.2) is 4.98 Å². The molecular formula is C15H23N3O2. The summed E-state index contributed by atoms with van der Waals surface area (Å²) in [7, 11) is 1.69. The van der Waals surface area contributed by atoms with Crippen molar-refractivity contribution >= 4 is 11.7 Å². The molecular weight excluding hydrogens is 254 g/mol. The third-order valence-electron chi connectivity index (χ3n) is 3.55. The van der Waals surface area contributed by atoms with E-state index in [1.54, 1.807) is 13.3 Å². The average Bonchev–Trinajstić information content (AvgIpc) is 2.90. The lowest BCUT2D eigenvalue weighted by Gasteiger charge is -2.15. The van der Waals surface area contributed by atoms with E-state index < -0.39 is 0 Å². The Balaban J connectivity index is 1.86. The van der Waals surface area contributed by atoms with Crippen LogP contribution in [0.25, 0.3) is 0 Å². The van der Waals surface area contributed by atoms with Crippen molar-refractivity contribution < 1.29 is 9.53 Å². The summed E-state index contributed by atoms with van der Waals surface area (Å²) in [5.74, 6) is 1.49. The molecule has 1 fully saturated rings. The van der Waals surface area contributed by atoms with Crippen LogP contribution in [-0.4, -0.2) is 49.1 Å². The van der Waals surface area contributed by atoms with E-state index in [1.807, 2.05) is 17.0 Å². The van der Waals surface area contributed by atoms with Crippen molar-refractivity contribution in [1.82, 2.24) is 9.88 Å². The Kier molecular flexibility index (Phi) is 5.35. The first-order valence-electron chi connectivity index (χ1n) is 7.19. The topological polar surface area (TPSA) is 54.5 Å². The van der Waals surface area contributed by atoms with Gasteiger partial charge in [-0.1, -0.05) is 6.92 Å². The van der Waals surface area contributed by atoms with E-state index in [0.717, 1.165) is 44.9 Å². The van der Waals surface area contributed by atoms with Gasteiger partial charge in [-0.05, 0) is 30.9 Å². The number of pyridine rings is 1. The number of nitrogens with one attached hydrogen (secondary N) is 1. The van der Waals surface area contributed by atoms with Crippen LogP contribution < -0.4 is 5.32 Å². The number of carbonyl (C=O) groups excluding carboxylic acids is 1. The van der Waals surface area contributed by atoms with E-state index in [2.05, 4.69) is 17.2 Å². The summed E-state index contributed by atoms with van der Waals surface area (Å²) in [5.41, 5.74) is 0.668. The third kappa shape index (κ3) is 3.93. The zero-order valence-corrected chi connectivity index (χ0v) is 12.3. The minimum absolute atomic E-state index is 0.0905. The summed E-state index contributed by atoms with van der Waals surface area (Å²) < 4.78 is 4.99. The summed E-state index contributed by atoms with van der Waals surface area (Å²) >= 11 is 0. The molecule has 1 unspecified atom stereocenters. The van der Waals surface area contributed by atoms with Gasteiger partial charge < -0.3 is 15.0 Å². The SMILES string of the molecule is COCCCNc1ccc(C(=O)N2CCC(C)C2)cn1. The third-order valence-corrected chi connectivity index (χ3v) is 3.55. The molecule has 1 aromatic rings. The van der Waals surface area contributed by atoms with E-state index >= 15 is 0 Å². The van der Waals surface area contributed by atoms with Crippen LogP contribution in [0.5, 0.6) is 0 Å². The Morgan fingerprint density at radius 1 is 1.55 bits per heavy atom. The fourth-order valence-electron chi connectivity index (χ4n) is 2.36. The van der Waals surface area contributed by atoms with Gasteiger partial charge in [-0.15, -0.1) is 0 Å². The average molecular weight is 277 g/mol. The first-order chi connectivity index (χ1) is 9.70. The van der Waals surface area contributed by atoms with Gasteiger partial charge in [0, 0.05) is 39.5 Å². The summed E-state index contributed by atoms with van der Waals surface area (Å²) in [5, 5.41) is 3.21. The number of anilines is 1. The molecule has 20 heavy (non-hydrogen) atoms. The summed E-state index contributed by atoms with van der Waals surface area (Å²) in [6.45, 7) is 5.44. The minimum atomic E-state index is 0.0905. The van der Waals surface area contributed by atoms with Gasteiger partial charge in [0.25, 0.3) is 5.91 Å². The molecule has 2 rings (SSSR count). The lowest BCUT2D eigenvalue weighted by molar-refractivity contribution is 0.0787. The fraction of sp³-hybridized carbons (Fsp3) is 0.600. The second-order valence-electron chi connectivity index (χ2n) is 5.35. The van der Waals surface area contributed by atoms with Gasteiger partial charge in [0.1, 0.15) is 5.82 Å². The Labute approximate surface area is 120 Å². The highest BCUT2D eigenvalue weighted by molar-refractivity contribution is 5.94. The number of likely N-dealkylation sites (tertiary alicyclic amines) is 1. The second-order valence-corrected chi connectivity index (χ2v) is 5.35. The minimum Gasteiger partial charge on any atom is -0.385 e. The van der Waals surface area contributed by atoms with Gasteiger partial charge >= 0.3 is 0 Å². The first kappa shape index (κ1) is 14.8. The van der Waals surface area contributed by atoms with Gasteiger partial charge in [-0.2, -0.15) is 0 Å². The normalized spacial score (nSPS) is 18.3. The predicted molar refractivity (Wildman–Crippen MR) is 78.9 cm³/mol. The standard InChI is InChI=1S/C15H23N3O2/c1-12-6-8-18(11-12)15(19)13-4-5-14(17-10-13)16-7-3-9-20-2/h4-5,10,12H,3,6-9,11H2,1-2H3,(H,16,17). The molecule has 5 heteroatoms. The number of rotatable bonds is 6. The molecule has 0 saturated carbocycles. The van der Waals surface area contributed by atoms with Crippen LogP contribution in [0.2, 0.25) is 0 Å². The van der Waals surface area contributed by atoms with Crippen molar-refractivity contribution in [3.05, 3.63) is 23.9 Å². The molecule has 0 radical (unpaired) electrons. The molecule has 1 amide bonds. The van der Waals surface area contributed by atoms with Gasteiger partial charge in [-0.3, -0.25) is 4.79 Å². The molecule has 0 aromatic carbocycles. The molecule has 0 aliphatic carbocycles. The smallest absolute Gasteiger partial charge is 0.255 e.